The number of nitrogens with zero attached hydrogens (tertiary/aromatic N) is 3. The third-order valence-electron chi connectivity index (χ3n) is 2.82. The molecular formula is C13H11N3O2. The summed E-state index contributed by atoms with van der Waals surface area (Å²) in [6.07, 6.45) is 0. The summed E-state index contributed by atoms with van der Waals surface area (Å²) in [5.41, 5.74) is 2.86. The number of nitro groups is 1. The summed E-state index contributed by atoms with van der Waals surface area (Å²) in [6, 6.07) is 10.2. The molecule has 1 heterocycles. The van der Waals surface area contributed by atoms with Crippen molar-refractivity contribution in [2.24, 2.45) is 0 Å². The third-order valence-corrected chi connectivity index (χ3v) is 2.82. The molecule has 90 valence electrons. The molecule has 0 aliphatic carbocycles. The molecule has 0 bridgehead atoms. The maximum Gasteiger partial charge on any atom is 0.270 e. The number of nitriles is 1. The molecule has 5 heteroatoms. The van der Waals surface area contributed by atoms with Gasteiger partial charge in [0, 0.05) is 23.5 Å². The van der Waals surface area contributed by atoms with Crippen LogP contribution in [0.4, 0.5) is 5.69 Å². The molecule has 0 saturated carbocycles. The first-order valence-electron chi connectivity index (χ1n) is 5.38. The molecular weight excluding hydrogens is 230 g/mol. The van der Waals surface area contributed by atoms with Crippen LogP contribution in [0.15, 0.2) is 30.3 Å². The Morgan fingerprint density at radius 3 is 2.33 bits per heavy atom. The number of aromatic nitrogens is 1. The van der Waals surface area contributed by atoms with Crippen molar-refractivity contribution in [1.29, 1.82) is 5.26 Å². The summed E-state index contributed by atoms with van der Waals surface area (Å²) in [5, 5.41) is 19.8. The lowest BCUT2D eigenvalue weighted by Gasteiger charge is -2.10. The highest BCUT2D eigenvalue weighted by Gasteiger charge is 2.13. The molecule has 0 aliphatic rings. The summed E-state index contributed by atoms with van der Waals surface area (Å²) < 4.78 is 1.91. The largest absolute Gasteiger partial charge is 0.317 e. The number of aryl methyl sites for hydroxylation is 2. The third kappa shape index (κ3) is 1.84. The van der Waals surface area contributed by atoms with Gasteiger partial charge in [0.1, 0.15) is 6.07 Å². The molecule has 0 saturated heterocycles. The Morgan fingerprint density at radius 2 is 1.83 bits per heavy atom. The minimum absolute atomic E-state index is 0.0715. The second-order valence-corrected chi connectivity index (χ2v) is 4.02. The van der Waals surface area contributed by atoms with Crippen LogP contribution in [0, 0.1) is 35.3 Å². The Balaban J connectivity index is 2.67. The summed E-state index contributed by atoms with van der Waals surface area (Å²) in [6.45, 7) is 3.85. The highest BCUT2D eigenvalue weighted by Crippen LogP contribution is 2.23. The minimum atomic E-state index is -0.500. The molecule has 5 nitrogen and oxygen atoms in total. The molecule has 0 unspecified atom stereocenters. The fourth-order valence-corrected chi connectivity index (χ4v) is 1.97. The lowest BCUT2D eigenvalue weighted by atomic mass is 10.1. The summed E-state index contributed by atoms with van der Waals surface area (Å²) in [5.74, 6) is 0. The van der Waals surface area contributed by atoms with Gasteiger partial charge in [-0.1, -0.05) is 0 Å². The zero-order valence-electron chi connectivity index (χ0n) is 10.0. The quantitative estimate of drug-likeness (QED) is 0.599. The first kappa shape index (κ1) is 11.9. The van der Waals surface area contributed by atoms with Crippen molar-refractivity contribution in [2.45, 2.75) is 13.8 Å². The van der Waals surface area contributed by atoms with Crippen LogP contribution in [0.5, 0.6) is 0 Å². The maximum absolute atomic E-state index is 10.7. The van der Waals surface area contributed by atoms with Crippen molar-refractivity contribution in [1.82, 2.24) is 4.57 Å². The van der Waals surface area contributed by atoms with Crippen LogP contribution in [-0.2, 0) is 0 Å². The SMILES string of the molecule is Cc1ccc(C)n1-c1ccc([N+](=O)[O-])cc1C#N. The van der Waals surface area contributed by atoms with E-state index in [0.29, 0.717) is 11.3 Å². The normalized spacial score (nSPS) is 10.1. The van der Waals surface area contributed by atoms with E-state index in [1.807, 2.05) is 36.6 Å². The van der Waals surface area contributed by atoms with Gasteiger partial charge in [0.2, 0.25) is 0 Å². The van der Waals surface area contributed by atoms with Gasteiger partial charge >= 0.3 is 0 Å². The predicted molar refractivity (Wildman–Crippen MR) is 66.6 cm³/mol. The second kappa shape index (κ2) is 4.34. The van der Waals surface area contributed by atoms with Crippen molar-refractivity contribution >= 4 is 5.69 Å². The molecule has 2 rings (SSSR count). The highest BCUT2D eigenvalue weighted by atomic mass is 16.6. The van der Waals surface area contributed by atoms with Gasteiger partial charge in [0.05, 0.1) is 16.2 Å². The van der Waals surface area contributed by atoms with E-state index in [-0.39, 0.29) is 5.69 Å². The van der Waals surface area contributed by atoms with Crippen molar-refractivity contribution in [3.63, 3.8) is 0 Å². The predicted octanol–water partition coefficient (Wildman–Crippen LogP) is 2.87. The zero-order valence-corrected chi connectivity index (χ0v) is 10.0. The molecule has 1 aromatic carbocycles. The van der Waals surface area contributed by atoms with E-state index in [4.69, 9.17) is 5.26 Å². The number of non-ortho nitro benzene ring substituents is 1. The minimum Gasteiger partial charge on any atom is -0.317 e. The molecule has 0 aliphatic heterocycles. The van der Waals surface area contributed by atoms with Crippen LogP contribution in [0.3, 0.4) is 0 Å². The number of hydrogen-bond donors (Lipinski definition) is 0. The van der Waals surface area contributed by atoms with Crippen molar-refractivity contribution < 1.29 is 4.92 Å². The molecule has 18 heavy (non-hydrogen) atoms. The Kier molecular flexibility index (Phi) is 2.86. The summed E-state index contributed by atoms with van der Waals surface area (Å²) in [4.78, 5) is 10.2. The zero-order chi connectivity index (χ0) is 13.3. The van der Waals surface area contributed by atoms with Crippen LogP contribution in [0.2, 0.25) is 0 Å². The monoisotopic (exact) mass is 241 g/mol. The van der Waals surface area contributed by atoms with Crippen LogP contribution in [-0.4, -0.2) is 9.49 Å². The standard InChI is InChI=1S/C13H11N3O2/c1-9-3-4-10(2)15(9)13-6-5-12(16(17)18)7-11(13)8-14/h3-7H,1-2H3. The molecule has 0 spiro atoms. The van der Waals surface area contributed by atoms with Crippen LogP contribution < -0.4 is 0 Å². The molecule has 2 aromatic rings. The summed E-state index contributed by atoms with van der Waals surface area (Å²) >= 11 is 0. The lowest BCUT2D eigenvalue weighted by molar-refractivity contribution is -0.384. The Morgan fingerprint density at radius 1 is 1.22 bits per heavy atom. The van der Waals surface area contributed by atoms with Crippen LogP contribution in [0.25, 0.3) is 5.69 Å². The molecule has 0 radical (unpaired) electrons. The number of nitro benzene ring substituents is 1. The second-order valence-electron chi connectivity index (χ2n) is 4.02. The van der Waals surface area contributed by atoms with E-state index in [9.17, 15) is 10.1 Å². The van der Waals surface area contributed by atoms with Gasteiger partial charge in [-0.3, -0.25) is 10.1 Å². The molecule has 0 atom stereocenters. The van der Waals surface area contributed by atoms with Gasteiger partial charge in [-0.2, -0.15) is 5.26 Å². The van der Waals surface area contributed by atoms with Crippen molar-refractivity contribution in [3.05, 3.63) is 57.4 Å². The van der Waals surface area contributed by atoms with Gasteiger partial charge in [-0.15, -0.1) is 0 Å². The topological polar surface area (TPSA) is 71.9 Å². The van der Waals surface area contributed by atoms with Gasteiger partial charge < -0.3 is 4.57 Å². The van der Waals surface area contributed by atoms with E-state index in [1.54, 1.807) is 6.07 Å². The average Bonchev–Trinajstić information content (AvgIpc) is 2.68. The molecule has 0 fully saturated rings. The fourth-order valence-electron chi connectivity index (χ4n) is 1.97. The van der Waals surface area contributed by atoms with Crippen LogP contribution >= 0.6 is 0 Å². The molecule has 0 N–H and O–H groups in total. The average molecular weight is 241 g/mol. The van der Waals surface area contributed by atoms with Gasteiger partial charge in [-0.25, -0.2) is 0 Å². The maximum atomic E-state index is 10.7. The van der Waals surface area contributed by atoms with Crippen molar-refractivity contribution in [3.8, 4) is 11.8 Å². The molecule has 1 aromatic heterocycles. The number of hydrogen-bond acceptors (Lipinski definition) is 3. The first-order chi connectivity index (χ1) is 8.54. The smallest absolute Gasteiger partial charge is 0.270 e. The van der Waals surface area contributed by atoms with E-state index < -0.39 is 4.92 Å². The van der Waals surface area contributed by atoms with Gasteiger partial charge in [-0.05, 0) is 32.0 Å². The van der Waals surface area contributed by atoms with E-state index in [2.05, 4.69) is 0 Å². The Labute approximate surface area is 104 Å². The lowest BCUT2D eigenvalue weighted by Crippen LogP contribution is -2.02. The van der Waals surface area contributed by atoms with E-state index in [1.165, 1.54) is 12.1 Å². The Bertz CT molecular complexity index is 646. The van der Waals surface area contributed by atoms with Crippen molar-refractivity contribution in [2.75, 3.05) is 0 Å². The number of benzene rings is 1. The fraction of sp³-hybridized carbons (Fsp3) is 0.154. The van der Waals surface area contributed by atoms with Gasteiger partial charge in [0.15, 0.2) is 0 Å². The van der Waals surface area contributed by atoms with Gasteiger partial charge in [0.25, 0.3) is 5.69 Å². The van der Waals surface area contributed by atoms with E-state index in [0.717, 1.165) is 11.4 Å². The summed E-state index contributed by atoms with van der Waals surface area (Å²) in [7, 11) is 0. The number of rotatable bonds is 2. The Hall–Kier alpha value is -2.61. The first-order valence-corrected chi connectivity index (χ1v) is 5.38. The van der Waals surface area contributed by atoms with E-state index >= 15 is 0 Å². The highest BCUT2D eigenvalue weighted by molar-refractivity contribution is 5.56. The van der Waals surface area contributed by atoms with Crippen LogP contribution in [0.1, 0.15) is 17.0 Å². The molecule has 0 amide bonds.